The van der Waals surface area contributed by atoms with Gasteiger partial charge in [0.2, 0.25) is 5.91 Å². The zero-order chi connectivity index (χ0) is 11.4. The monoisotopic (exact) mass is 234 g/mol. The molecule has 1 amide bonds. The second kappa shape index (κ2) is 5.13. The summed E-state index contributed by atoms with van der Waals surface area (Å²) in [4.78, 5) is 12.8. The van der Waals surface area contributed by atoms with E-state index < -0.39 is 0 Å². The first kappa shape index (κ1) is 11.2. The van der Waals surface area contributed by atoms with Crippen molar-refractivity contribution in [3.8, 4) is 6.07 Å². The van der Waals surface area contributed by atoms with E-state index in [1.165, 1.54) is 0 Å². The molecule has 16 heavy (non-hydrogen) atoms. The van der Waals surface area contributed by atoms with Crippen LogP contribution >= 0.6 is 11.3 Å². The second-order valence-corrected chi connectivity index (χ2v) is 5.13. The third kappa shape index (κ3) is 2.61. The lowest BCUT2D eigenvalue weighted by Gasteiger charge is -2.15. The standard InChI is InChI=1S/C12H14N2OS/c13-8-9-3-1-5-11(9)14-12(15)7-10-4-2-6-16-10/h2,4,6,9,11H,1,3,5,7H2,(H,14,15). The highest BCUT2D eigenvalue weighted by Crippen LogP contribution is 2.24. The molecule has 1 saturated carbocycles. The summed E-state index contributed by atoms with van der Waals surface area (Å²) in [6.07, 6.45) is 3.34. The number of thiophene rings is 1. The Balaban J connectivity index is 1.86. The Morgan fingerprint density at radius 3 is 3.19 bits per heavy atom. The molecule has 84 valence electrons. The molecule has 0 aliphatic heterocycles. The molecular weight excluding hydrogens is 220 g/mol. The molecule has 0 radical (unpaired) electrons. The van der Waals surface area contributed by atoms with Crippen molar-refractivity contribution >= 4 is 17.2 Å². The highest BCUT2D eigenvalue weighted by atomic mass is 32.1. The van der Waals surface area contributed by atoms with Crippen LogP contribution in [0.5, 0.6) is 0 Å². The van der Waals surface area contributed by atoms with E-state index in [0.717, 1.165) is 24.1 Å². The molecule has 3 nitrogen and oxygen atoms in total. The van der Waals surface area contributed by atoms with E-state index in [1.807, 2.05) is 17.5 Å². The summed E-state index contributed by atoms with van der Waals surface area (Å²) >= 11 is 1.59. The van der Waals surface area contributed by atoms with Gasteiger partial charge in [-0.3, -0.25) is 4.79 Å². The number of rotatable bonds is 3. The number of nitriles is 1. The van der Waals surface area contributed by atoms with Gasteiger partial charge in [-0.15, -0.1) is 11.3 Å². The van der Waals surface area contributed by atoms with Crippen molar-refractivity contribution in [1.29, 1.82) is 5.26 Å². The first-order valence-electron chi connectivity index (χ1n) is 5.51. The average molecular weight is 234 g/mol. The van der Waals surface area contributed by atoms with Crippen molar-refractivity contribution in [2.45, 2.75) is 31.7 Å². The summed E-state index contributed by atoms with van der Waals surface area (Å²) < 4.78 is 0. The number of amides is 1. The van der Waals surface area contributed by atoms with Gasteiger partial charge in [-0.1, -0.05) is 6.07 Å². The summed E-state index contributed by atoms with van der Waals surface area (Å²) in [6, 6.07) is 6.24. The molecule has 1 aliphatic carbocycles. The first-order chi connectivity index (χ1) is 7.79. The Labute approximate surface area is 99.1 Å². The molecule has 1 aromatic rings. The molecule has 1 aliphatic rings. The van der Waals surface area contributed by atoms with Gasteiger partial charge in [-0.05, 0) is 30.7 Å². The number of hydrogen-bond acceptors (Lipinski definition) is 3. The van der Waals surface area contributed by atoms with E-state index in [4.69, 9.17) is 5.26 Å². The topological polar surface area (TPSA) is 52.9 Å². The maximum absolute atomic E-state index is 11.7. The number of carbonyl (C=O) groups excluding carboxylic acids is 1. The zero-order valence-corrected chi connectivity index (χ0v) is 9.80. The molecule has 1 N–H and O–H groups in total. The third-order valence-electron chi connectivity index (χ3n) is 2.94. The van der Waals surface area contributed by atoms with Crippen LogP contribution in [0, 0.1) is 17.2 Å². The van der Waals surface area contributed by atoms with Crippen molar-refractivity contribution in [3.05, 3.63) is 22.4 Å². The predicted molar refractivity (Wildman–Crippen MR) is 62.9 cm³/mol. The van der Waals surface area contributed by atoms with Crippen LogP contribution in [0.2, 0.25) is 0 Å². The van der Waals surface area contributed by atoms with Crippen LogP contribution in [0.4, 0.5) is 0 Å². The van der Waals surface area contributed by atoms with Crippen molar-refractivity contribution in [2.24, 2.45) is 5.92 Å². The molecule has 0 saturated heterocycles. The van der Waals surface area contributed by atoms with Gasteiger partial charge in [0, 0.05) is 10.9 Å². The fourth-order valence-electron chi connectivity index (χ4n) is 2.12. The number of hydrogen-bond donors (Lipinski definition) is 1. The average Bonchev–Trinajstić information content (AvgIpc) is 2.88. The van der Waals surface area contributed by atoms with E-state index in [9.17, 15) is 4.79 Å². The summed E-state index contributed by atoms with van der Waals surface area (Å²) in [5.74, 6) is 0.0434. The van der Waals surface area contributed by atoms with Crippen LogP contribution in [0.1, 0.15) is 24.1 Å². The van der Waals surface area contributed by atoms with Gasteiger partial charge in [0.15, 0.2) is 0 Å². The first-order valence-corrected chi connectivity index (χ1v) is 6.39. The molecule has 0 aromatic carbocycles. The summed E-state index contributed by atoms with van der Waals surface area (Å²) in [7, 11) is 0. The Kier molecular flexibility index (Phi) is 3.58. The zero-order valence-electron chi connectivity index (χ0n) is 8.98. The minimum atomic E-state index is 0.00675. The van der Waals surface area contributed by atoms with Crippen molar-refractivity contribution in [3.63, 3.8) is 0 Å². The van der Waals surface area contributed by atoms with Gasteiger partial charge < -0.3 is 5.32 Å². The third-order valence-corrected chi connectivity index (χ3v) is 3.82. The SMILES string of the molecule is N#CC1CCCC1NC(=O)Cc1cccs1. The molecule has 0 spiro atoms. The van der Waals surface area contributed by atoms with Crippen molar-refractivity contribution < 1.29 is 4.79 Å². The molecule has 1 aromatic heterocycles. The molecule has 2 unspecified atom stereocenters. The van der Waals surface area contributed by atoms with Crippen LogP contribution < -0.4 is 5.32 Å². The van der Waals surface area contributed by atoms with Gasteiger partial charge in [0.05, 0.1) is 18.4 Å². The van der Waals surface area contributed by atoms with Crippen molar-refractivity contribution in [2.75, 3.05) is 0 Å². The van der Waals surface area contributed by atoms with E-state index in [-0.39, 0.29) is 17.9 Å². The molecule has 0 bridgehead atoms. The van der Waals surface area contributed by atoms with Gasteiger partial charge in [0.25, 0.3) is 0 Å². The second-order valence-electron chi connectivity index (χ2n) is 4.10. The van der Waals surface area contributed by atoms with Crippen LogP contribution in [-0.4, -0.2) is 11.9 Å². The van der Waals surface area contributed by atoms with Gasteiger partial charge in [-0.2, -0.15) is 5.26 Å². The number of nitrogens with one attached hydrogen (secondary N) is 1. The fourth-order valence-corrected chi connectivity index (χ4v) is 2.82. The Hall–Kier alpha value is -1.34. The van der Waals surface area contributed by atoms with Crippen molar-refractivity contribution in [1.82, 2.24) is 5.32 Å². The quantitative estimate of drug-likeness (QED) is 0.870. The molecule has 1 fully saturated rings. The lowest BCUT2D eigenvalue weighted by atomic mass is 10.1. The predicted octanol–water partition coefficient (Wildman–Crippen LogP) is 2.10. The summed E-state index contributed by atoms with van der Waals surface area (Å²) in [5.41, 5.74) is 0. The Morgan fingerprint density at radius 2 is 2.50 bits per heavy atom. The minimum absolute atomic E-state index is 0.00675. The highest BCUT2D eigenvalue weighted by Gasteiger charge is 2.28. The molecule has 2 rings (SSSR count). The van der Waals surface area contributed by atoms with Gasteiger partial charge in [0.1, 0.15) is 0 Å². The van der Waals surface area contributed by atoms with E-state index in [1.54, 1.807) is 11.3 Å². The molecule has 2 atom stereocenters. The molecular formula is C12H14N2OS. The number of carbonyl (C=O) groups is 1. The normalized spacial score (nSPS) is 23.9. The minimum Gasteiger partial charge on any atom is -0.352 e. The Morgan fingerprint density at radius 1 is 1.62 bits per heavy atom. The Bertz CT molecular complexity index is 394. The lowest BCUT2D eigenvalue weighted by Crippen LogP contribution is -2.37. The molecule has 1 heterocycles. The van der Waals surface area contributed by atoms with Gasteiger partial charge in [-0.25, -0.2) is 0 Å². The van der Waals surface area contributed by atoms with E-state index >= 15 is 0 Å². The molecule has 4 heteroatoms. The van der Waals surface area contributed by atoms with E-state index in [2.05, 4.69) is 11.4 Å². The highest BCUT2D eigenvalue weighted by molar-refractivity contribution is 7.10. The smallest absolute Gasteiger partial charge is 0.225 e. The van der Waals surface area contributed by atoms with Crippen LogP contribution in [0.3, 0.4) is 0 Å². The summed E-state index contributed by atoms with van der Waals surface area (Å²) in [5, 5.41) is 13.8. The fraction of sp³-hybridized carbons (Fsp3) is 0.500. The van der Waals surface area contributed by atoms with Crippen LogP contribution in [0.15, 0.2) is 17.5 Å². The summed E-state index contributed by atoms with van der Waals surface area (Å²) in [6.45, 7) is 0. The van der Waals surface area contributed by atoms with E-state index in [0.29, 0.717) is 6.42 Å². The largest absolute Gasteiger partial charge is 0.352 e. The maximum atomic E-state index is 11.7. The lowest BCUT2D eigenvalue weighted by molar-refractivity contribution is -0.121. The van der Waals surface area contributed by atoms with Crippen LogP contribution in [-0.2, 0) is 11.2 Å². The maximum Gasteiger partial charge on any atom is 0.225 e. The van der Waals surface area contributed by atoms with Crippen LogP contribution in [0.25, 0.3) is 0 Å². The van der Waals surface area contributed by atoms with Gasteiger partial charge >= 0.3 is 0 Å². The number of nitrogens with zero attached hydrogens (tertiary/aromatic N) is 1.